The van der Waals surface area contributed by atoms with Gasteiger partial charge in [-0.15, -0.1) is 0 Å². The molecule has 0 radical (unpaired) electrons. The van der Waals surface area contributed by atoms with Crippen molar-refractivity contribution in [3.05, 3.63) is 11.3 Å². The second-order valence-electron chi connectivity index (χ2n) is 5.24. The van der Waals surface area contributed by atoms with Gasteiger partial charge in [0.25, 0.3) is 0 Å². The molecule has 1 saturated carbocycles. The third-order valence-electron chi connectivity index (χ3n) is 3.82. The third-order valence-corrected chi connectivity index (χ3v) is 3.82. The molecule has 1 fully saturated rings. The van der Waals surface area contributed by atoms with Crippen molar-refractivity contribution in [2.45, 2.75) is 34.1 Å². The van der Waals surface area contributed by atoms with Crippen LogP contribution in [0.2, 0.25) is 0 Å². The fourth-order valence-electron chi connectivity index (χ4n) is 2.98. The van der Waals surface area contributed by atoms with E-state index >= 15 is 0 Å². The van der Waals surface area contributed by atoms with E-state index in [9.17, 15) is 9.59 Å². The summed E-state index contributed by atoms with van der Waals surface area (Å²) >= 11 is 0. The van der Waals surface area contributed by atoms with Crippen molar-refractivity contribution in [2.75, 3.05) is 0 Å². The molecule has 2 aliphatic rings. The van der Waals surface area contributed by atoms with Crippen LogP contribution in [0.5, 0.6) is 0 Å². The van der Waals surface area contributed by atoms with Crippen LogP contribution < -0.4 is 5.32 Å². The number of ketones is 1. The summed E-state index contributed by atoms with van der Waals surface area (Å²) in [6, 6.07) is 0. The van der Waals surface area contributed by atoms with Crippen molar-refractivity contribution >= 4 is 11.7 Å². The number of hydrogen-bond donors (Lipinski definition) is 1. The van der Waals surface area contributed by atoms with Crippen LogP contribution in [0, 0.1) is 17.3 Å². The van der Waals surface area contributed by atoms with E-state index in [0.717, 1.165) is 17.7 Å². The molecule has 82 valence electrons. The number of nitrogens with one attached hydrogen (secondary N) is 1. The minimum atomic E-state index is -0.0807. The SMILES string of the molecule is CC(=O)NC1=C(C(C)=O)[C@@H]2[C@@H](C1)C2(C)C. The molecule has 15 heavy (non-hydrogen) atoms. The van der Waals surface area contributed by atoms with Gasteiger partial charge in [-0.2, -0.15) is 0 Å². The average molecular weight is 207 g/mol. The summed E-state index contributed by atoms with van der Waals surface area (Å²) in [4.78, 5) is 22.5. The summed E-state index contributed by atoms with van der Waals surface area (Å²) < 4.78 is 0. The van der Waals surface area contributed by atoms with Crippen molar-refractivity contribution in [1.29, 1.82) is 0 Å². The number of rotatable bonds is 2. The molecule has 0 aromatic heterocycles. The summed E-state index contributed by atoms with van der Waals surface area (Å²) in [5.41, 5.74) is 1.98. The maximum atomic E-state index is 11.6. The number of carbonyl (C=O) groups is 2. The number of amides is 1. The molecule has 0 aromatic rings. The lowest BCUT2D eigenvalue weighted by Gasteiger charge is -2.14. The molecule has 0 aliphatic heterocycles. The normalized spacial score (nSPS) is 31.2. The topological polar surface area (TPSA) is 46.2 Å². The van der Waals surface area contributed by atoms with Crippen LogP contribution in [0.4, 0.5) is 0 Å². The fraction of sp³-hybridized carbons (Fsp3) is 0.667. The van der Waals surface area contributed by atoms with Crippen molar-refractivity contribution in [3.63, 3.8) is 0 Å². The Labute approximate surface area is 89.9 Å². The molecular weight excluding hydrogens is 190 g/mol. The quantitative estimate of drug-likeness (QED) is 0.748. The monoisotopic (exact) mass is 207 g/mol. The minimum Gasteiger partial charge on any atom is -0.330 e. The summed E-state index contributed by atoms with van der Waals surface area (Å²) in [5, 5.41) is 2.79. The molecule has 3 nitrogen and oxygen atoms in total. The predicted molar refractivity (Wildman–Crippen MR) is 56.9 cm³/mol. The third kappa shape index (κ3) is 1.41. The molecule has 0 bridgehead atoms. The summed E-state index contributed by atoms with van der Waals surface area (Å²) in [6.07, 6.45) is 0.853. The molecule has 2 aliphatic carbocycles. The van der Waals surface area contributed by atoms with Gasteiger partial charge in [-0.05, 0) is 30.6 Å². The molecule has 2 atom stereocenters. The minimum absolute atomic E-state index is 0.0807. The van der Waals surface area contributed by atoms with Crippen LogP contribution in [0.25, 0.3) is 0 Å². The summed E-state index contributed by atoms with van der Waals surface area (Å²) in [5.74, 6) is 0.954. The van der Waals surface area contributed by atoms with Crippen LogP contribution >= 0.6 is 0 Å². The summed E-state index contributed by atoms with van der Waals surface area (Å²) in [7, 11) is 0. The van der Waals surface area contributed by atoms with Gasteiger partial charge in [-0.3, -0.25) is 9.59 Å². The maximum Gasteiger partial charge on any atom is 0.221 e. The Morgan fingerprint density at radius 3 is 2.40 bits per heavy atom. The van der Waals surface area contributed by atoms with Gasteiger partial charge in [0.1, 0.15) is 0 Å². The number of allylic oxidation sites excluding steroid dienone is 2. The first-order chi connectivity index (χ1) is 6.85. The Morgan fingerprint density at radius 2 is 1.93 bits per heavy atom. The lowest BCUT2D eigenvalue weighted by molar-refractivity contribution is -0.118. The maximum absolute atomic E-state index is 11.6. The first-order valence-corrected chi connectivity index (χ1v) is 5.37. The highest BCUT2D eigenvalue weighted by Gasteiger charge is 2.63. The number of fused-ring (bicyclic) bond motifs is 1. The van der Waals surface area contributed by atoms with Crippen molar-refractivity contribution < 1.29 is 9.59 Å². The molecule has 1 N–H and O–H groups in total. The molecular formula is C12H17NO2. The zero-order valence-corrected chi connectivity index (χ0v) is 9.68. The Hall–Kier alpha value is -1.12. The highest BCUT2D eigenvalue weighted by atomic mass is 16.1. The van der Waals surface area contributed by atoms with E-state index in [1.165, 1.54) is 6.92 Å². The van der Waals surface area contributed by atoms with Crippen molar-refractivity contribution in [3.8, 4) is 0 Å². The number of hydrogen-bond acceptors (Lipinski definition) is 2. The fourth-order valence-corrected chi connectivity index (χ4v) is 2.98. The Bertz CT molecular complexity index is 379. The standard InChI is InChI=1S/C12H17NO2/c1-6(14)10-9(13-7(2)15)5-8-11(10)12(8,3)4/h8,11H,5H2,1-4H3,(H,13,15)/t8-,11+/m1/s1. The second kappa shape index (κ2) is 2.94. The smallest absolute Gasteiger partial charge is 0.221 e. The Kier molecular flexibility index (Phi) is 2.04. The molecule has 2 rings (SSSR count). The highest BCUT2D eigenvalue weighted by molar-refractivity contribution is 5.97. The highest BCUT2D eigenvalue weighted by Crippen LogP contribution is 2.68. The summed E-state index contributed by atoms with van der Waals surface area (Å²) in [6.45, 7) is 7.46. The van der Waals surface area contributed by atoms with Gasteiger partial charge in [-0.25, -0.2) is 0 Å². The molecule has 3 heteroatoms. The zero-order valence-electron chi connectivity index (χ0n) is 9.68. The Morgan fingerprint density at radius 1 is 1.33 bits per heavy atom. The predicted octanol–water partition coefficient (Wildman–Crippen LogP) is 1.64. The first kappa shape index (κ1) is 10.4. The van der Waals surface area contributed by atoms with Crippen LogP contribution in [-0.4, -0.2) is 11.7 Å². The zero-order chi connectivity index (χ0) is 11.4. The molecule has 0 saturated heterocycles. The molecule has 0 spiro atoms. The van der Waals surface area contributed by atoms with E-state index in [0.29, 0.717) is 11.8 Å². The molecule has 0 heterocycles. The van der Waals surface area contributed by atoms with Crippen LogP contribution in [0.3, 0.4) is 0 Å². The van der Waals surface area contributed by atoms with E-state index in [1.807, 2.05) is 0 Å². The first-order valence-electron chi connectivity index (χ1n) is 5.37. The second-order valence-corrected chi connectivity index (χ2v) is 5.24. The van der Waals surface area contributed by atoms with E-state index in [4.69, 9.17) is 0 Å². The van der Waals surface area contributed by atoms with Crippen LogP contribution in [-0.2, 0) is 9.59 Å². The van der Waals surface area contributed by atoms with Crippen LogP contribution in [0.1, 0.15) is 34.1 Å². The van der Waals surface area contributed by atoms with Gasteiger partial charge in [0.2, 0.25) is 5.91 Å². The van der Waals surface area contributed by atoms with Gasteiger partial charge >= 0.3 is 0 Å². The molecule has 0 unspecified atom stereocenters. The van der Waals surface area contributed by atoms with E-state index in [1.54, 1.807) is 6.92 Å². The lowest BCUT2D eigenvalue weighted by Crippen LogP contribution is -2.23. The number of Topliss-reactive ketones (excluding diaryl/α,β-unsaturated/α-hetero) is 1. The lowest BCUT2D eigenvalue weighted by atomic mass is 9.96. The Balaban J connectivity index is 2.29. The molecule has 0 aromatic carbocycles. The van der Waals surface area contributed by atoms with Crippen molar-refractivity contribution in [1.82, 2.24) is 5.32 Å². The molecule has 1 amide bonds. The van der Waals surface area contributed by atoms with Gasteiger partial charge < -0.3 is 5.32 Å². The van der Waals surface area contributed by atoms with Gasteiger partial charge in [0.05, 0.1) is 0 Å². The van der Waals surface area contributed by atoms with Gasteiger partial charge in [0.15, 0.2) is 5.78 Å². The van der Waals surface area contributed by atoms with E-state index in [-0.39, 0.29) is 17.1 Å². The van der Waals surface area contributed by atoms with E-state index < -0.39 is 0 Å². The van der Waals surface area contributed by atoms with E-state index in [2.05, 4.69) is 19.2 Å². The van der Waals surface area contributed by atoms with Gasteiger partial charge in [-0.1, -0.05) is 13.8 Å². The van der Waals surface area contributed by atoms with Crippen LogP contribution in [0.15, 0.2) is 11.3 Å². The average Bonchev–Trinajstić information content (AvgIpc) is 2.49. The van der Waals surface area contributed by atoms with Gasteiger partial charge in [0, 0.05) is 18.2 Å². The number of carbonyl (C=O) groups excluding carboxylic acids is 2. The largest absolute Gasteiger partial charge is 0.330 e. The van der Waals surface area contributed by atoms with Crippen molar-refractivity contribution in [2.24, 2.45) is 17.3 Å².